The number of nitrogens with zero attached hydrogens (tertiary/aromatic N) is 2. The number of halogens is 4. The molecule has 140 valence electrons. The zero-order chi connectivity index (χ0) is 18.4. The predicted octanol–water partition coefficient (Wildman–Crippen LogP) is 2.48. The molecule has 1 atom stereocenters. The lowest BCUT2D eigenvalue weighted by Crippen LogP contribution is -2.45. The highest BCUT2D eigenvalue weighted by Crippen LogP contribution is 2.19. The molecule has 1 heterocycles. The van der Waals surface area contributed by atoms with Crippen molar-refractivity contribution >= 4 is 5.96 Å². The van der Waals surface area contributed by atoms with E-state index in [4.69, 9.17) is 0 Å². The van der Waals surface area contributed by atoms with E-state index in [1.54, 1.807) is 13.1 Å². The normalized spacial score (nSPS) is 19.3. The second kappa shape index (κ2) is 8.51. The number of alkyl halides is 3. The molecule has 4 nitrogen and oxygen atoms in total. The average Bonchev–Trinajstić information content (AvgIpc) is 2.93. The molecule has 0 saturated carbocycles. The third-order valence-electron chi connectivity index (χ3n) is 4.23. The summed E-state index contributed by atoms with van der Waals surface area (Å²) in [6, 6.07) is 4.63. The quantitative estimate of drug-likeness (QED) is 0.481. The summed E-state index contributed by atoms with van der Waals surface area (Å²) in [5.74, 6) is 0.315. The van der Waals surface area contributed by atoms with Crippen molar-refractivity contribution in [2.75, 3.05) is 33.2 Å². The van der Waals surface area contributed by atoms with Crippen molar-refractivity contribution in [1.29, 1.82) is 0 Å². The van der Waals surface area contributed by atoms with Gasteiger partial charge in [-0.2, -0.15) is 13.2 Å². The van der Waals surface area contributed by atoms with Crippen LogP contribution in [-0.2, 0) is 6.42 Å². The smallest absolute Gasteiger partial charge is 0.356 e. The second-order valence-electron chi connectivity index (χ2n) is 6.30. The van der Waals surface area contributed by atoms with Gasteiger partial charge in [0.15, 0.2) is 5.96 Å². The van der Waals surface area contributed by atoms with Crippen molar-refractivity contribution in [3.8, 4) is 0 Å². The van der Waals surface area contributed by atoms with Crippen molar-refractivity contribution in [3.63, 3.8) is 0 Å². The number of benzene rings is 1. The van der Waals surface area contributed by atoms with Gasteiger partial charge in [-0.05, 0) is 43.0 Å². The molecule has 2 N–H and O–H groups in total. The second-order valence-corrected chi connectivity index (χ2v) is 6.30. The molecule has 0 spiro atoms. The van der Waals surface area contributed by atoms with E-state index in [2.05, 4.69) is 15.6 Å². The molecule has 0 aromatic heterocycles. The molecule has 1 aromatic rings. The van der Waals surface area contributed by atoms with Crippen LogP contribution in [0.2, 0.25) is 0 Å². The van der Waals surface area contributed by atoms with Crippen molar-refractivity contribution in [2.24, 2.45) is 4.99 Å². The maximum atomic E-state index is 13.1. The summed E-state index contributed by atoms with van der Waals surface area (Å²) in [7, 11) is 1.63. The monoisotopic (exact) mass is 360 g/mol. The van der Waals surface area contributed by atoms with Gasteiger partial charge in [0.25, 0.3) is 0 Å². The number of nitrogens with one attached hydrogen (secondary N) is 2. The first kappa shape index (κ1) is 19.5. The van der Waals surface area contributed by atoms with Crippen LogP contribution >= 0.6 is 0 Å². The number of likely N-dealkylation sites (tertiary alicyclic amines) is 1. The van der Waals surface area contributed by atoms with Crippen LogP contribution in [0.4, 0.5) is 17.6 Å². The largest absolute Gasteiger partial charge is 0.401 e. The molecule has 25 heavy (non-hydrogen) atoms. The van der Waals surface area contributed by atoms with E-state index in [1.165, 1.54) is 17.0 Å². The summed E-state index contributed by atoms with van der Waals surface area (Å²) in [6.45, 7) is 2.35. The predicted molar refractivity (Wildman–Crippen MR) is 90.2 cm³/mol. The highest BCUT2D eigenvalue weighted by Gasteiger charge is 2.34. The number of aryl methyl sites for hydroxylation is 1. The van der Waals surface area contributed by atoms with E-state index >= 15 is 0 Å². The van der Waals surface area contributed by atoms with Gasteiger partial charge >= 0.3 is 6.18 Å². The molecule has 1 unspecified atom stereocenters. The van der Waals surface area contributed by atoms with Crippen LogP contribution in [0.3, 0.4) is 0 Å². The molecule has 2 rings (SSSR count). The molecule has 1 saturated heterocycles. The minimum atomic E-state index is -4.16. The molecule has 8 heteroatoms. The van der Waals surface area contributed by atoms with E-state index in [0.717, 1.165) is 11.1 Å². The average molecular weight is 360 g/mol. The standard InChI is InChI=1S/C17H24F4N4/c1-12-9-14(18)4-3-13(12)5-7-23-16(22-2)24-15-6-8-25(10-15)11-17(19,20)21/h3-4,9,15H,5-8,10-11H2,1-2H3,(H2,22,23,24). The van der Waals surface area contributed by atoms with E-state index in [-0.39, 0.29) is 11.9 Å². The number of rotatable bonds is 5. The van der Waals surface area contributed by atoms with Crippen molar-refractivity contribution in [3.05, 3.63) is 35.1 Å². The van der Waals surface area contributed by atoms with Crippen LogP contribution < -0.4 is 10.6 Å². The van der Waals surface area contributed by atoms with Gasteiger partial charge in [-0.15, -0.1) is 0 Å². The van der Waals surface area contributed by atoms with Crippen molar-refractivity contribution in [1.82, 2.24) is 15.5 Å². The van der Waals surface area contributed by atoms with Crippen molar-refractivity contribution in [2.45, 2.75) is 32.0 Å². The van der Waals surface area contributed by atoms with Gasteiger partial charge in [0.1, 0.15) is 5.82 Å². The number of aliphatic imine (C=N–C) groups is 1. The van der Waals surface area contributed by atoms with E-state index in [0.29, 0.717) is 38.4 Å². The highest BCUT2D eigenvalue weighted by atomic mass is 19.4. The Morgan fingerprint density at radius 1 is 1.36 bits per heavy atom. The maximum absolute atomic E-state index is 13.1. The van der Waals surface area contributed by atoms with E-state index < -0.39 is 12.7 Å². The van der Waals surface area contributed by atoms with Gasteiger partial charge in [0.2, 0.25) is 0 Å². The van der Waals surface area contributed by atoms with Crippen LogP contribution in [0.1, 0.15) is 17.5 Å². The van der Waals surface area contributed by atoms with Crippen LogP contribution in [0.5, 0.6) is 0 Å². The number of hydrogen-bond donors (Lipinski definition) is 2. The minimum Gasteiger partial charge on any atom is -0.356 e. The number of hydrogen-bond acceptors (Lipinski definition) is 2. The molecule has 0 aliphatic carbocycles. The van der Waals surface area contributed by atoms with Crippen LogP contribution in [0.15, 0.2) is 23.2 Å². The zero-order valence-electron chi connectivity index (χ0n) is 14.5. The maximum Gasteiger partial charge on any atom is 0.401 e. The van der Waals surface area contributed by atoms with Crippen LogP contribution in [0, 0.1) is 12.7 Å². The first-order valence-electron chi connectivity index (χ1n) is 8.28. The van der Waals surface area contributed by atoms with Gasteiger partial charge < -0.3 is 10.6 Å². The summed E-state index contributed by atoms with van der Waals surface area (Å²) in [5, 5.41) is 6.32. The molecule has 1 aliphatic rings. The Morgan fingerprint density at radius 3 is 2.76 bits per heavy atom. The fourth-order valence-corrected chi connectivity index (χ4v) is 2.99. The van der Waals surface area contributed by atoms with Crippen molar-refractivity contribution < 1.29 is 17.6 Å². The third kappa shape index (κ3) is 6.53. The number of guanidine groups is 1. The van der Waals surface area contributed by atoms with Crippen LogP contribution in [0.25, 0.3) is 0 Å². The molecule has 1 aliphatic heterocycles. The Hall–Kier alpha value is -1.83. The summed E-state index contributed by atoms with van der Waals surface area (Å²) >= 11 is 0. The lowest BCUT2D eigenvalue weighted by molar-refractivity contribution is -0.143. The molecule has 1 aromatic carbocycles. The lowest BCUT2D eigenvalue weighted by atomic mass is 10.1. The first-order chi connectivity index (χ1) is 11.8. The topological polar surface area (TPSA) is 39.7 Å². The van der Waals surface area contributed by atoms with Gasteiger partial charge in [-0.3, -0.25) is 9.89 Å². The minimum absolute atomic E-state index is 0.0545. The molecule has 1 fully saturated rings. The van der Waals surface area contributed by atoms with Gasteiger partial charge in [-0.1, -0.05) is 6.07 Å². The Bertz CT molecular complexity index is 601. The first-order valence-corrected chi connectivity index (χ1v) is 8.28. The fourth-order valence-electron chi connectivity index (χ4n) is 2.99. The summed E-state index contributed by atoms with van der Waals surface area (Å²) < 4.78 is 50.4. The van der Waals surface area contributed by atoms with Gasteiger partial charge in [0.05, 0.1) is 6.54 Å². The van der Waals surface area contributed by atoms with Gasteiger partial charge in [-0.25, -0.2) is 4.39 Å². The SMILES string of the molecule is CN=C(NCCc1ccc(F)cc1C)NC1CCN(CC(F)(F)F)C1. The molecular formula is C17H24F4N4. The molecular weight excluding hydrogens is 336 g/mol. The van der Waals surface area contributed by atoms with E-state index in [1.807, 2.05) is 6.92 Å². The van der Waals surface area contributed by atoms with E-state index in [9.17, 15) is 17.6 Å². The summed E-state index contributed by atoms with van der Waals surface area (Å²) in [6.07, 6.45) is -2.81. The Kier molecular flexibility index (Phi) is 6.64. The Morgan fingerprint density at radius 2 is 2.12 bits per heavy atom. The highest BCUT2D eigenvalue weighted by molar-refractivity contribution is 5.80. The fraction of sp³-hybridized carbons (Fsp3) is 0.588. The zero-order valence-corrected chi connectivity index (χ0v) is 14.5. The molecule has 0 radical (unpaired) electrons. The summed E-state index contributed by atoms with van der Waals surface area (Å²) in [4.78, 5) is 5.51. The third-order valence-corrected chi connectivity index (χ3v) is 4.23. The van der Waals surface area contributed by atoms with Gasteiger partial charge in [0, 0.05) is 32.7 Å². The molecule has 0 amide bonds. The van der Waals surface area contributed by atoms with Crippen LogP contribution in [-0.4, -0.2) is 56.3 Å². The Labute approximate surface area is 145 Å². The summed E-state index contributed by atoms with van der Waals surface area (Å²) in [5.41, 5.74) is 1.94. The molecule has 0 bridgehead atoms. The lowest BCUT2D eigenvalue weighted by Gasteiger charge is -2.20. The Balaban J connectivity index is 1.76.